The van der Waals surface area contributed by atoms with E-state index in [4.69, 9.17) is 4.74 Å². The molecule has 0 bridgehead atoms. The third-order valence-corrected chi connectivity index (χ3v) is 5.73. The van der Waals surface area contributed by atoms with Crippen molar-refractivity contribution in [2.45, 2.75) is 38.8 Å². The molecule has 0 aliphatic carbocycles. The van der Waals surface area contributed by atoms with Gasteiger partial charge < -0.3 is 14.4 Å². The van der Waals surface area contributed by atoms with Crippen molar-refractivity contribution in [3.8, 4) is 28.1 Å². The fraction of sp³-hybridized carbons (Fsp3) is 0.318. The number of carboxylic acids is 1. The molecule has 1 N–H and O–H groups in total. The Morgan fingerprint density at radius 3 is 2.69 bits per heavy atom. The molecule has 0 saturated carbocycles. The lowest BCUT2D eigenvalue weighted by atomic mass is 9.86. The summed E-state index contributed by atoms with van der Waals surface area (Å²) >= 11 is 0. The van der Waals surface area contributed by atoms with Crippen LogP contribution >= 0.6 is 0 Å². The number of hydrogen-bond acceptors (Lipinski definition) is 4. The molecule has 2 aliphatic heterocycles. The third kappa shape index (κ3) is 2.68. The zero-order chi connectivity index (χ0) is 20.5. The predicted octanol–water partition coefficient (Wildman–Crippen LogP) is 2.88. The highest BCUT2D eigenvalue weighted by atomic mass is 16.5. The normalized spacial score (nSPS) is 16.0. The summed E-state index contributed by atoms with van der Waals surface area (Å²) in [5.41, 5.74) is 4.98. The molecular weight excluding hydrogens is 370 g/mol. The molecule has 0 atom stereocenters. The molecule has 7 heteroatoms. The van der Waals surface area contributed by atoms with Crippen LogP contribution in [-0.4, -0.2) is 31.0 Å². The molecule has 0 amide bonds. The quantitative estimate of drug-likeness (QED) is 0.726. The lowest BCUT2D eigenvalue weighted by molar-refractivity contribution is 0.0694. The number of aromatic carboxylic acids is 1. The van der Waals surface area contributed by atoms with Crippen molar-refractivity contribution in [3.05, 3.63) is 57.6 Å². The van der Waals surface area contributed by atoms with Gasteiger partial charge in [0.2, 0.25) is 0 Å². The topological polar surface area (TPSA) is 86.4 Å². The fourth-order valence-corrected chi connectivity index (χ4v) is 4.47. The Morgan fingerprint density at radius 2 is 2.00 bits per heavy atom. The van der Waals surface area contributed by atoms with Crippen LogP contribution in [0.1, 0.15) is 35.3 Å². The Bertz CT molecular complexity index is 1250. The smallest absolute Gasteiger partial charge is 0.341 e. The summed E-state index contributed by atoms with van der Waals surface area (Å²) in [6.07, 6.45) is 6.76. The SMILES string of the molecule is Cn1cc(-c2cc3c(c4c2OC(C)(C)C4)CCn2cc(C(=O)O)c(=O)cc2-3)cn1. The fourth-order valence-electron chi connectivity index (χ4n) is 4.47. The Hall–Kier alpha value is -3.35. The van der Waals surface area contributed by atoms with Crippen LogP contribution in [0.3, 0.4) is 0 Å². The highest BCUT2D eigenvalue weighted by Crippen LogP contribution is 2.48. The van der Waals surface area contributed by atoms with E-state index in [1.807, 2.05) is 17.8 Å². The molecule has 5 rings (SSSR count). The Balaban J connectivity index is 1.79. The number of ether oxygens (including phenoxy) is 1. The van der Waals surface area contributed by atoms with Gasteiger partial charge in [-0.2, -0.15) is 5.10 Å². The number of fused-ring (bicyclic) bond motifs is 5. The molecule has 0 radical (unpaired) electrons. The van der Waals surface area contributed by atoms with Crippen molar-refractivity contribution in [2.75, 3.05) is 0 Å². The minimum Gasteiger partial charge on any atom is -0.487 e. The van der Waals surface area contributed by atoms with E-state index >= 15 is 0 Å². The molecule has 0 unspecified atom stereocenters. The van der Waals surface area contributed by atoms with Gasteiger partial charge in [0.25, 0.3) is 0 Å². The van der Waals surface area contributed by atoms with Gasteiger partial charge in [0.05, 0.1) is 11.9 Å². The average molecular weight is 391 g/mol. The second-order valence-electron chi connectivity index (χ2n) is 8.38. The van der Waals surface area contributed by atoms with Crippen LogP contribution in [0, 0.1) is 0 Å². The molecule has 2 aliphatic rings. The second kappa shape index (κ2) is 5.83. The second-order valence-corrected chi connectivity index (χ2v) is 8.38. The minimum atomic E-state index is -1.20. The first kappa shape index (κ1) is 17.7. The summed E-state index contributed by atoms with van der Waals surface area (Å²) in [7, 11) is 1.87. The van der Waals surface area contributed by atoms with Crippen LogP contribution < -0.4 is 10.2 Å². The zero-order valence-electron chi connectivity index (χ0n) is 16.5. The van der Waals surface area contributed by atoms with Crippen LogP contribution in [0.15, 0.2) is 35.5 Å². The van der Waals surface area contributed by atoms with Gasteiger partial charge in [-0.1, -0.05) is 0 Å². The summed E-state index contributed by atoms with van der Waals surface area (Å²) < 4.78 is 9.95. The van der Waals surface area contributed by atoms with Gasteiger partial charge >= 0.3 is 5.97 Å². The van der Waals surface area contributed by atoms with Crippen LogP contribution in [0.4, 0.5) is 0 Å². The maximum absolute atomic E-state index is 12.4. The number of aromatic nitrogens is 3. The first-order valence-corrected chi connectivity index (χ1v) is 9.58. The van der Waals surface area contributed by atoms with Crippen molar-refractivity contribution >= 4 is 5.97 Å². The lowest BCUT2D eigenvalue weighted by Crippen LogP contribution is -2.25. The lowest BCUT2D eigenvalue weighted by Gasteiger charge is -2.25. The first-order chi connectivity index (χ1) is 13.7. The van der Waals surface area contributed by atoms with Gasteiger partial charge in [0.15, 0.2) is 5.43 Å². The first-order valence-electron chi connectivity index (χ1n) is 9.58. The number of benzene rings is 1. The number of carbonyl (C=O) groups is 1. The molecule has 148 valence electrons. The molecule has 4 heterocycles. The van der Waals surface area contributed by atoms with Gasteiger partial charge in [-0.3, -0.25) is 9.48 Å². The van der Waals surface area contributed by atoms with E-state index in [2.05, 4.69) is 25.0 Å². The molecule has 7 nitrogen and oxygen atoms in total. The van der Waals surface area contributed by atoms with E-state index in [0.29, 0.717) is 6.54 Å². The largest absolute Gasteiger partial charge is 0.487 e. The van der Waals surface area contributed by atoms with Crippen LogP contribution in [0.25, 0.3) is 22.4 Å². The molecular formula is C22H21N3O4. The van der Waals surface area contributed by atoms with Crippen molar-refractivity contribution in [1.82, 2.24) is 14.3 Å². The Morgan fingerprint density at radius 1 is 1.21 bits per heavy atom. The van der Waals surface area contributed by atoms with E-state index in [9.17, 15) is 14.7 Å². The van der Waals surface area contributed by atoms with Gasteiger partial charge in [-0.25, -0.2) is 4.79 Å². The summed E-state index contributed by atoms with van der Waals surface area (Å²) in [5.74, 6) is -0.309. The zero-order valence-corrected chi connectivity index (χ0v) is 16.5. The number of nitrogens with zero attached hydrogens (tertiary/aromatic N) is 3. The number of pyridine rings is 1. The highest BCUT2D eigenvalue weighted by molar-refractivity contribution is 5.88. The summed E-state index contributed by atoms with van der Waals surface area (Å²) in [5, 5.41) is 13.6. The molecule has 0 fully saturated rings. The Kier molecular flexibility index (Phi) is 3.56. The maximum Gasteiger partial charge on any atom is 0.341 e. The van der Waals surface area contributed by atoms with Crippen molar-refractivity contribution in [3.63, 3.8) is 0 Å². The summed E-state index contributed by atoms with van der Waals surface area (Å²) in [6.45, 7) is 4.78. The van der Waals surface area contributed by atoms with E-state index in [0.717, 1.165) is 41.0 Å². The van der Waals surface area contributed by atoms with Crippen molar-refractivity contribution in [1.29, 1.82) is 0 Å². The molecule has 29 heavy (non-hydrogen) atoms. The van der Waals surface area contributed by atoms with Crippen LogP contribution in [0.5, 0.6) is 5.75 Å². The van der Waals surface area contributed by atoms with Crippen LogP contribution in [-0.2, 0) is 26.4 Å². The molecule has 3 aromatic rings. The van der Waals surface area contributed by atoms with Crippen molar-refractivity contribution < 1.29 is 14.6 Å². The standard InChI is InChI=1S/C22H21N3O4/c1-22(2)8-16-13-4-5-25-11-17(21(27)28)19(26)7-18(25)15(13)6-14(20(16)29-22)12-9-23-24(3)10-12/h6-7,9-11H,4-5,8H2,1-3H3,(H,27,28). The number of aryl methyl sites for hydroxylation is 2. The molecule has 1 aromatic carbocycles. The van der Waals surface area contributed by atoms with Gasteiger partial charge in [-0.15, -0.1) is 0 Å². The summed E-state index contributed by atoms with van der Waals surface area (Å²) in [4.78, 5) is 23.8. The average Bonchev–Trinajstić information content (AvgIpc) is 3.22. The van der Waals surface area contributed by atoms with E-state index < -0.39 is 11.4 Å². The van der Waals surface area contributed by atoms with E-state index in [1.165, 1.54) is 23.4 Å². The molecule has 0 saturated heterocycles. The highest BCUT2D eigenvalue weighted by Gasteiger charge is 2.36. The monoisotopic (exact) mass is 391 g/mol. The summed E-state index contributed by atoms with van der Waals surface area (Å²) in [6, 6.07) is 3.50. The molecule has 2 aromatic heterocycles. The van der Waals surface area contributed by atoms with E-state index in [-0.39, 0.29) is 11.2 Å². The van der Waals surface area contributed by atoms with Gasteiger partial charge in [-0.05, 0) is 31.9 Å². The minimum absolute atomic E-state index is 0.199. The van der Waals surface area contributed by atoms with E-state index in [1.54, 1.807) is 10.9 Å². The van der Waals surface area contributed by atoms with Crippen molar-refractivity contribution in [2.24, 2.45) is 7.05 Å². The Labute approximate surface area is 167 Å². The predicted molar refractivity (Wildman–Crippen MR) is 107 cm³/mol. The third-order valence-electron chi connectivity index (χ3n) is 5.73. The van der Waals surface area contributed by atoms with Gasteiger partial charge in [0, 0.05) is 60.7 Å². The number of carboxylic acid groups (broad SMARTS) is 1. The van der Waals surface area contributed by atoms with Gasteiger partial charge in [0.1, 0.15) is 16.9 Å². The van der Waals surface area contributed by atoms with Crippen LogP contribution in [0.2, 0.25) is 0 Å². The maximum atomic E-state index is 12.4. The molecule has 0 spiro atoms. The number of hydrogen-bond donors (Lipinski definition) is 1. The number of rotatable bonds is 2.